The van der Waals surface area contributed by atoms with Crippen molar-refractivity contribution in [3.63, 3.8) is 0 Å². The minimum atomic E-state index is -3.77. The van der Waals surface area contributed by atoms with Crippen LogP contribution in [0.3, 0.4) is 0 Å². The van der Waals surface area contributed by atoms with Crippen LogP contribution in [0.25, 0.3) is 0 Å². The van der Waals surface area contributed by atoms with Crippen LogP contribution in [0.2, 0.25) is 0 Å². The van der Waals surface area contributed by atoms with Gasteiger partial charge in [0.05, 0.1) is 0 Å². The topological polar surface area (TPSA) is 43.4 Å². The Balaban J connectivity index is 1.91. The summed E-state index contributed by atoms with van der Waals surface area (Å²) in [5.74, 6) is 0.875. The summed E-state index contributed by atoms with van der Waals surface area (Å²) in [4.78, 5) is 0.186. The van der Waals surface area contributed by atoms with Crippen LogP contribution < -0.4 is 4.18 Å². The van der Waals surface area contributed by atoms with Crippen LogP contribution in [0.1, 0.15) is 37.2 Å². The van der Waals surface area contributed by atoms with Crippen LogP contribution in [0.15, 0.2) is 59.5 Å². The highest BCUT2D eigenvalue weighted by Gasteiger charge is 2.23. The average molecular weight is 302 g/mol. The van der Waals surface area contributed by atoms with Crippen LogP contribution in [0, 0.1) is 0 Å². The van der Waals surface area contributed by atoms with Crippen LogP contribution in [-0.4, -0.2) is 8.42 Å². The third-order valence-electron chi connectivity index (χ3n) is 3.95. The fourth-order valence-corrected chi connectivity index (χ4v) is 3.86. The highest BCUT2D eigenvalue weighted by atomic mass is 32.2. The van der Waals surface area contributed by atoms with Gasteiger partial charge in [0.25, 0.3) is 0 Å². The molecule has 4 heteroatoms. The number of hydrogen-bond donors (Lipinski definition) is 0. The second-order valence-corrected chi connectivity index (χ2v) is 6.92. The van der Waals surface area contributed by atoms with Gasteiger partial charge in [0.2, 0.25) is 0 Å². The van der Waals surface area contributed by atoms with Gasteiger partial charge in [-0.3, -0.25) is 0 Å². The number of rotatable bonds is 4. The smallest absolute Gasteiger partial charge is 0.339 e. The van der Waals surface area contributed by atoms with Crippen molar-refractivity contribution in [1.29, 1.82) is 0 Å². The molecule has 0 radical (unpaired) electrons. The van der Waals surface area contributed by atoms with E-state index in [1.807, 2.05) is 18.2 Å². The molecule has 0 N–H and O–H groups in total. The molecule has 0 bridgehead atoms. The van der Waals surface area contributed by atoms with E-state index in [1.165, 1.54) is 12.8 Å². The Morgan fingerprint density at radius 3 is 2.19 bits per heavy atom. The van der Waals surface area contributed by atoms with Gasteiger partial charge in [-0.25, -0.2) is 0 Å². The van der Waals surface area contributed by atoms with E-state index in [2.05, 4.69) is 0 Å². The third-order valence-corrected chi connectivity index (χ3v) is 5.19. The van der Waals surface area contributed by atoms with Crippen molar-refractivity contribution in [2.75, 3.05) is 0 Å². The molecule has 1 aliphatic carbocycles. The van der Waals surface area contributed by atoms with Gasteiger partial charge >= 0.3 is 10.1 Å². The molecule has 0 unspecified atom stereocenters. The van der Waals surface area contributed by atoms with E-state index < -0.39 is 10.1 Å². The van der Waals surface area contributed by atoms with E-state index in [4.69, 9.17) is 4.18 Å². The Bertz CT molecular complexity index is 702. The van der Waals surface area contributed by atoms with Gasteiger partial charge in [0.15, 0.2) is 0 Å². The summed E-state index contributed by atoms with van der Waals surface area (Å²) >= 11 is 0. The SMILES string of the molecule is O=S(=O)(Oc1ccccc1C1CCCC1)c1ccccc1. The average Bonchev–Trinajstić information content (AvgIpc) is 3.02. The fraction of sp³-hybridized carbons (Fsp3) is 0.294. The molecule has 0 heterocycles. The number of para-hydroxylation sites is 1. The number of benzene rings is 2. The Labute approximate surface area is 125 Å². The summed E-state index contributed by atoms with van der Waals surface area (Å²) in [6.45, 7) is 0. The first kappa shape index (κ1) is 14.1. The summed E-state index contributed by atoms with van der Waals surface area (Å²) < 4.78 is 30.1. The van der Waals surface area contributed by atoms with Crippen LogP contribution >= 0.6 is 0 Å². The predicted octanol–water partition coefficient (Wildman–Crippen LogP) is 4.11. The first-order valence-electron chi connectivity index (χ1n) is 7.25. The molecule has 0 aromatic heterocycles. The lowest BCUT2D eigenvalue weighted by molar-refractivity contribution is 0.479. The van der Waals surface area contributed by atoms with Crippen molar-refractivity contribution in [2.45, 2.75) is 36.5 Å². The lowest BCUT2D eigenvalue weighted by Crippen LogP contribution is -2.11. The molecule has 2 aromatic carbocycles. The maximum atomic E-state index is 12.3. The predicted molar refractivity (Wildman–Crippen MR) is 81.9 cm³/mol. The van der Waals surface area contributed by atoms with E-state index >= 15 is 0 Å². The minimum Gasteiger partial charge on any atom is -0.379 e. The largest absolute Gasteiger partial charge is 0.379 e. The molecule has 1 saturated carbocycles. The molecule has 110 valence electrons. The Hall–Kier alpha value is -1.81. The molecule has 0 aliphatic heterocycles. The Kier molecular flexibility index (Phi) is 3.97. The Morgan fingerprint density at radius 1 is 0.857 bits per heavy atom. The zero-order valence-corrected chi connectivity index (χ0v) is 12.6. The van der Waals surface area contributed by atoms with Crippen molar-refractivity contribution in [1.82, 2.24) is 0 Å². The second-order valence-electron chi connectivity index (χ2n) is 5.37. The lowest BCUT2D eigenvalue weighted by atomic mass is 9.97. The maximum Gasteiger partial charge on any atom is 0.339 e. The molecule has 0 atom stereocenters. The van der Waals surface area contributed by atoms with Crippen molar-refractivity contribution >= 4 is 10.1 Å². The van der Waals surface area contributed by atoms with E-state index in [0.717, 1.165) is 18.4 Å². The molecule has 2 aromatic rings. The molecular weight excluding hydrogens is 284 g/mol. The molecule has 3 nitrogen and oxygen atoms in total. The molecular formula is C17H18O3S. The number of hydrogen-bond acceptors (Lipinski definition) is 3. The molecule has 21 heavy (non-hydrogen) atoms. The van der Waals surface area contributed by atoms with Crippen molar-refractivity contribution in [3.05, 3.63) is 60.2 Å². The third kappa shape index (κ3) is 3.10. The second kappa shape index (κ2) is 5.90. The monoisotopic (exact) mass is 302 g/mol. The van der Waals surface area contributed by atoms with Gasteiger partial charge in [-0.2, -0.15) is 8.42 Å². The normalized spacial score (nSPS) is 16.0. The minimum absolute atomic E-state index is 0.186. The summed E-state index contributed by atoms with van der Waals surface area (Å²) in [5.41, 5.74) is 1.01. The van der Waals surface area contributed by atoms with Crippen molar-refractivity contribution < 1.29 is 12.6 Å². The van der Waals surface area contributed by atoms with Gasteiger partial charge in [0, 0.05) is 0 Å². The van der Waals surface area contributed by atoms with E-state index in [1.54, 1.807) is 36.4 Å². The van der Waals surface area contributed by atoms with Gasteiger partial charge < -0.3 is 4.18 Å². The van der Waals surface area contributed by atoms with Crippen LogP contribution in [0.5, 0.6) is 5.75 Å². The molecule has 0 amide bonds. The summed E-state index contributed by atoms with van der Waals surface area (Å²) in [6.07, 6.45) is 4.60. The first-order chi connectivity index (χ1) is 10.2. The quantitative estimate of drug-likeness (QED) is 0.798. The molecule has 0 spiro atoms. The summed E-state index contributed by atoms with van der Waals surface area (Å²) in [7, 11) is -3.77. The summed E-state index contributed by atoms with van der Waals surface area (Å²) in [6, 6.07) is 15.7. The van der Waals surface area contributed by atoms with Gasteiger partial charge in [0.1, 0.15) is 10.6 Å². The standard InChI is InChI=1S/C17H18O3S/c18-21(19,15-10-2-1-3-11-15)20-17-13-7-6-12-16(17)14-8-4-5-9-14/h1-3,6-7,10-14H,4-5,8-9H2. The highest BCUT2D eigenvalue weighted by molar-refractivity contribution is 7.87. The van der Waals surface area contributed by atoms with Gasteiger partial charge in [-0.15, -0.1) is 0 Å². The van der Waals surface area contributed by atoms with E-state index in [9.17, 15) is 8.42 Å². The zero-order chi connectivity index (χ0) is 14.7. The zero-order valence-electron chi connectivity index (χ0n) is 11.7. The van der Waals surface area contributed by atoms with Gasteiger partial charge in [-0.1, -0.05) is 49.2 Å². The van der Waals surface area contributed by atoms with Crippen molar-refractivity contribution in [3.8, 4) is 5.75 Å². The fourth-order valence-electron chi connectivity index (χ4n) is 2.88. The molecule has 1 fully saturated rings. The Morgan fingerprint density at radius 2 is 1.48 bits per heavy atom. The molecule has 3 rings (SSSR count). The summed E-state index contributed by atoms with van der Waals surface area (Å²) in [5, 5.41) is 0. The molecule has 1 aliphatic rings. The maximum absolute atomic E-state index is 12.3. The van der Waals surface area contributed by atoms with Crippen LogP contribution in [-0.2, 0) is 10.1 Å². The van der Waals surface area contributed by atoms with E-state index in [-0.39, 0.29) is 4.90 Å². The van der Waals surface area contributed by atoms with Gasteiger partial charge in [-0.05, 0) is 42.5 Å². The molecule has 0 saturated heterocycles. The van der Waals surface area contributed by atoms with Crippen molar-refractivity contribution in [2.24, 2.45) is 0 Å². The van der Waals surface area contributed by atoms with E-state index in [0.29, 0.717) is 11.7 Å². The highest BCUT2D eigenvalue weighted by Crippen LogP contribution is 2.39. The first-order valence-corrected chi connectivity index (χ1v) is 8.66. The van der Waals surface area contributed by atoms with Crippen LogP contribution in [0.4, 0.5) is 0 Å². The lowest BCUT2D eigenvalue weighted by Gasteiger charge is -2.15.